The number of halogens is 4. The van der Waals surface area contributed by atoms with Crippen molar-refractivity contribution in [1.29, 1.82) is 0 Å². The third kappa shape index (κ3) is 4.36. The van der Waals surface area contributed by atoms with Crippen LogP contribution in [0.5, 0.6) is 5.75 Å². The van der Waals surface area contributed by atoms with E-state index < -0.39 is 22.9 Å². The number of ketones is 1. The normalized spacial score (nSPS) is 13.6. The van der Waals surface area contributed by atoms with Crippen LogP contribution in [0.3, 0.4) is 0 Å². The van der Waals surface area contributed by atoms with Crippen molar-refractivity contribution in [3.63, 3.8) is 0 Å². The summed E-state index contributed by atoms with van der Waals surface area (Å²) in [5.41, 5.74) is -1.83. The van der Waals surface area contributed by atoms with Crippen LogP contribution in [0.15, 0.2) is 29.2 Å². The Balaban J connectivity index is 2.17. The molecule has 2 heterocycles. The minimum absolute atomic E-state index is 0.138. The first-order valence-electron chi connectivity index (χ1n) is 9.95. The van der Waals surface area contributed by atoms with Gasteiger partial charge in [0.25, 0.3) is 0 Å². The summed E-state index contributed by atoms with van der Waals surface area (Å²) in [6.07, 6.45) is -2.81. The van der Waals surface area contributed by atoms with E-state index in [1.54, 1.807) is 19.2 Å². The molecule has 1 aromatic carbocycles. The van der Waals surface area contributed by atoms with Gasteiger partial charge in [0.2, 0.25) is 0 Å². The molecule has 0 fully saturated rings. The number of hydrogen-bond donors (Lipinski definition) is 0. The lowest BCUT2D eigenvalue weighted by Gasteiger charge is -2.46. The van der Waals surface area contributed by atoms with Gasteiger partial charge < -0.3 is 9.47 Å². The number of pyridine rings is 1. The molecule has 1 aliphatic rings. The van der Waals surface area contributed by atoms with Gasteiger partial charge in [-0.25, -0.2) is 0 Å². The summed E-state index contributed by atoms with van der Waals surface area (Å²) in [4.78, 5) is 24.4. The first-order valence-corrected chi connectivity index (χ1v) is 10.3. The lowest BCUT2D eigenvalue weighted by Crippen LogP contribution is -2.60. The van der Waals surface area contributed by atoms with Crippen molar-refractivity contribution in [2.75, 3.05) is 25.3 Å². The lowest BCUT2D eigenvalue weighted by molar-refractivity contribution is -0.182. The summed E-state index contributed by atoms with van der Waals surface area (Å²) >= 11 is 6.37. The lowest BCUT2D eigenvalue weighted by atomic mass is 9.96. The van der Waals surface area contributed by atoms with Gasteiger partial charge in [-0.2, -0.15) is 13.2 Å². The van der Waals surface area contributed by atoms with Crippen LogP contribution in [0.4, 0.5) is 13.2 Å². The van der Waals surface area contributed by atoms with Crippen molar-refractivity contribution >= 4 is 17.4 Å². The number of carbonyl (C=O) groups excluding carboxylic acids is 1. The zero-order chi connectivity index (χ0) is 23.8. The Bertz CT molecular complexity index is 1100. The second kappa shape index (κ2) is 8.78. The number of ether oxygens (including phenoxy) is 2. The highest BCUT2D eigenvalue weighted by atomic mass is 35.5. The molecule has 1 aliphatic heterocycles. The average molecular weight is 473 g/mol. The molecule has 0 unspecified atom stereocenters. The number of nitrogens with zero attached hydrogens (tertiary/aromatic N) is 2. The highest BCUT2D eigenvalue weighted by molar-refractivity contribution is 6.32. The van der Waals surface area contributed by atoms with Gasteiger partial charge in [0, 0.05) is 38.0 Å². The fraction of sp³-hybridized carbons (Fsp3) is 0.455. The molecule has 10 heteroatoms. The average Bonchev–Trinajstić information content (AvgIpc) is 2.69. The van der Waals surface area contributed by atoms with Gasteiger partial charge in [-0.05, 0) is 38.5 Å². The van der Waals surface area contributed by atoms with Crippen molar-refractivity contribution in [2.24, 2.45) is 0 Å². The molecule has 0 N–H and O–H groups in total. The molecule has 174 valence electrons. The molecule has 0 saturated heterocycles. The maximum absolute atomic E-state index is 14.0. The molecule has 0 aliphatic carbocycles. The smallest absolute Gasteiger partial charge is 0.412 e. The minimum atomic E-state index is -4.59. The molecule has 0 radical (unpaired) electrons. The zero-order valence-electron chi connectivity index (χ0n) is 18.2. The molecule has 0 spiro atoms. The SMILES string of the molecule is COCCCOc1cc2c(cc1Cl)-c1cc(=O)c(C(C)=O)cn1N(C(C)(C)C(F)(F)F)C2. The molecule has 6 nitrogen and oxygen atoms in total. The van der Waals surface area contributed by atoms with Crippen LogP contribution >= 0.6 is 11.6 Å². The van der Waals surface area contributed by atoms with Gasteiger partial charge in [0.05, 0.1) is 29.4 Å². The van der Waals surface area contributed by atoms with Crippen molar-refractivity contribution < 1.29 is 27.4 Å². The summed E-state index contributed by atoms with van der Waals surface area (Å²) in [5.74, 6) is -0.193. The van der Waals surface area contributed by atoms with E-state index in [2.05, 4.69) is 0 Å². The Labute approximate surface area is 188 Å². The van der Waals surface area contributed by atoms with Crippen LogP contribution in [0, 0.1) is 0 Å². The first kappa shape index (κ1) is 24.1. The number of rotatable bonds is 7. The molecule has 0 saturated carbocycles. The Morgan fingerprint density at radius 1 is 1.19 bits per heavy atom. The largest absolute Gasteiger partial charge is 0.492 e. The Morgan fingerprint density at radius 2 is 1.88 bits per heavy atom. The second-order valence-corrected chi connectivity index (χ2v) is 8.49. The molecular weight excluding hydrogens is 449 g/mol. The summed E-state index contributed by atoms with van der Waals surface area (Å²) in [5, 5.41) is 1.35. The van der Waals surface area contributed by atoms with Crippen LogP contribution < -0.4 is 15.2 Å². The molecule has 0 atom stereocenters. The highest BCUT2D eigenvalue weighted by Gasteiger charge is 2.53. The van der Waals surface area contributed by atoms with Gasteiger partial charge in [-0.3, -0.25) is 19.3 Å². The van der Waals surface area contributed by atoms with Crippen LogP contribution in [0.1, 0.15) is 43.1 Å². The van der Waals surface area contributed by atoms with Crippen LogP contribution in [0.2, 0.25) is 5.02 Å². The maximum atomic E-state index is 14.0. The van der Waals surface area contributed by atoms with E-state index in [-0.39, 0.29) is 22.8 Å². The number of benzene rings is 1. The fourth-order valence-corrected chi connectivity index (χ4v) is 3.72. The molecule has 0 amide bonds. The van der Waals surface area contributed by atoms with Gasteiger partial charge in [-0.1, -0.05) is 11.6 Å². The molecule has 3 rings (SSSR count). The number of aromatic nitrogens is 1. The summed E-state index contributed by atoms with van der Waals surface area (Å²) in [7, 11) is 1.57. The third-order valence-corrected chi connectivity index (χ3v) is 5.81. The Morgan fingerprint density at radius 3 is 2.47 bits per heavy atom. The number of fused-ring (bicyclic) bond motifs is 3. The Kier molecular flexibility index (Phi) is 6.62. The molecule has 2 aromatic rings. The van der Waals surface area contributed by atoms with Gasteiger partial charge in [-0.15, -0.1) is 0 Å². The Hall–Kier alpha value is -2.52. The number of hydrogen-bond acceptors (Lipinski definition) is 5. The maximum Gasteiger partial charge on any atom is 0.412 e. The molecule has 1 aromatic heterocycles. The quantitative estimate of drug-likeness (QED) is 0.436. The predicted octanol–water partition coefficient (Wildman–Crippen LogP) is 4.58. The minimum Gasteiger partial charge on any atom is -0.492 e. The first-order chi connectivity index (χ1) is 14.9. The van der Waals surface area contributed by atoms with Crippen molar-refractivity contribution in [3.05, 3.63) is 50.8 Å². The van der Waals surface area contributed by atoms with Crippen molar-refractivity contribution in [1.82, 2.24) is 4.68 Å². The van der Waals surface area contributed by atoms with Crippen LogP contribution in [0.25, 0.3) is 11.3 Å². The number of methoxy groups -OCH3 is 1. The predicted molar refractivity (Wildman–Crippen MR) is 115 cm³/mol. The van der Waals surface area contributed by atoms with E-state index in [4.69, 9.17) is 21.1 Å². The monoisotopic (exact) mass is 472 g/mol. The summed E-state index contributed by atoms with van der Waals surface area (Å²) in [6.45, 7) is 3.97. The highest BCUT2D eigenvalue weighted by Crippen LogP contribution is 2.42. The van der Waals surface area contributed by atoms with E-state index in [0.717, 1.165) is 18.9 Å². The third-order valence-electron chi connectivity index (χ3n) is 5.51. The van der Waals surface area contributed by atoms with E-state index in [9.17, 15) is 22.8 Å². The standard InChI is InChI=1S/C22H24ClF3N2O4/c1-13(29)16-12-27-18(10-19(16)30)15-9-17(23)20(32-7-5-6-31-4)8-14(15)11-28(27)21(2,3)22(24,25)26/h8-10,12H,5-7,11H2,1-4H3. The van der Waals surface area contributed by atoms with Gasteiger partial charge in [0.15, 0.2) is 11.2 Å². The van der Waals surface area contributed by atoms with Crippen LogP contribution in [-0.4, -0.2) is 42.5 Å². The van der Waals surface area contributed by atoms with Crippen molar-refractivity contribution in [3.8, 4) is 17.0 Å². The number of carbonyl (C=O) groups is 1. The molecular formula is C22H24ClF3N2O4. The second-order valence-electron chi connectivity index (χ2n) is 8.09. The van der Waals surface area contributed by atoms with E-state index in [1.165, 1.54) is 23.9 Å². The van der Waals surface area contributed by atoms with E-state index in [1.807, 2.05) is 0 Å². The van der Waals surface area contributed by atoms with E-state index in [0.29, 0.717) is 36.5 Å². The van der Waals surface area contributed by atoms with Gasteiger partial charge >= 0.3 is 6.18 Å². The zero-order valence-corrected chi connectivity index (χ0v) is 18.9. The summed E-state index contributed by atoms with van der Waals surface area (Å²) < 4.78 is 53.8. The van der Waals surface area contributed by atoms with Gasteiger partial charge in [0.1, 0.15) is 11.3 Å². The molecule has 32 heavy (non-hydrogen) atoms. The summed E-state index contributed by atoms with van der Waals surface area (Å²) in [6, 6.07) is 4.33. The van der Waals surface area contributed by atoms with Crippen molar-refractivity contribution in [2.45, 2.75) is 45.5 Å². The van der Waals surface area contributed by atoms with E-state index >= 15 is 0 Å². The van der Waals surface area contributed by atoms with Crippen LogP contribution in [-0.2, 0) is 11.3 Å². The molecule has 0 bridgehead atoms. The number of alkyl halides is 3. The number of Topliss-reactive ketones (excluding diaryl/α,β-unsaturated/α-hetero) is 1. The fourth-order valence-electron chi connectivity index (χ4n) is 3.50. The topological polar surface area (TPSA) is 60.8 Å².